The lowest BCUT2D eigenvalue weighted by molar-refractivity contribution is -0.150. The average molecular weight is 329 g/mol. The van der Waals surface area contributed by atoms with Crippen molar-refractivity contribution in [1.82, 2.24) is 4.90 Å². The lowest BCUT2D eigenvalue weighted by Gasteiger charge is -2.38. The summed E-state index contributed by atoms with van der Waals surface area (Å²) < 4.78 is 11.4. The first-order valence-corrected chi connectivity index (χ1v) is 9.36. The molecule has 0 N–H and O–H groups in total. The number of hydrogen-bond donors (Lipinski definition) is 0. The Morgan fingerprint density at radius 1 is 1.17 bits per heavy atom. The molecule has 1 saturated heterocycles. The summed E-state index contributed by atoms with van der Waals surface area (Å²) in [5, 5.41) is 0. The van der Waals surface area contributed by atoms with Gasteiger partial charge in [-0.05, 0) is 68.6 Å². The van der Waals surface area contributed by atoms with Crippen LogP contribution in [0.25, 0.3) is 0 Å². The second-order valence-electron chi connectivity index (χ2n) is 7.33. The van der Waals surface area contributed by atoms with Gasteiger partial charge in [0.25, 0.3) is 5.91 Å². The van der Waals surface area contributed by atoms with E-state index in [-0.39, 0.29) is 12.0 Å². The van der Waals surface area contributed by atoms with E-state index >= 15 is 0 Å². The van der Waals surface area contributed by atoms with Gasteiger partial charge in [-0.15, -0.1) is 0 Å². The fourth-order valence-corrected chi connectivity index (χ4v) is 4.28. The third-order valence-electron chi connectivity index (χ3n) is 5.68. The molecule has 4 nitrogen and oxygen atoms in total. The Morgan fingerprint density at radius 3 is 2.75 bits per heavy atom. The van der Waals surface area contributed by atoms with Crippen molar-refractivity contribution in [1.29, 1.82) is 0 Å². The molecule has 24 heavy (non-hydrogen) atoms. The molecule has 1 aliphatic heterocycles. The summed E-state index contributed by atoms with van der Waals surface area (Å²) in [7, 11) is 1.74. The third kappa shape index (κ3) is 3.04. The summed E-state index contributed by atoms with van der Waals surface area (Å²) in [5.74, 6) is 1.20. The molecule has 1 saturated carbocycles. The smallest absolute Gasteiger partial charge is 0.252 e. The Balaban J connectivity index is 1.55. The molecule has 0 bridgehead atoms. The van der Waals surface area contributed by atoms with E-state index in [4.69, 9.17) is 9.47 Å². The van der Waals surface area contributed by atoms with E-state index in [1.54, 1.807) is 7.11 Å². The number of amides is 1. The molecule has 2 atom stereocenters. The fourth-order valence-electron chi connectivity index (χ4n) is 4.28. The maximum Gasteiger partial charge on any atom is 0.252 e. The summed E-state index contributed by atoms with van der Waals surface area (Å²) in [4.78, 5) is 15.3. The summed E-state index contributed by atoms with van der Waals surface area (Å²) in [6.07, 6.45) is 8.15. The second-order valence-corrected chi connectivity index (χ2v) is 7.33. The predicted molar refractivity (Wildman–Crippen MR) is 92.3 cm³/mol. The Hall–Kier alpha value is -1.55. The lowest BCUT2D eigenvalue weighted by Crippen LogP contribution is -2.50. The SMILES string of the molecule is COc1cccc2c1CC(N(C(=O)[C@H]1CCCCO1)C1CC1)CC2. The molecule has 0 aromatic heterocycles. The minimum atomic E-state index is -0.210. The topological polar surface area (TPSA) is 38.8 Å². The zero-order valence-corrected chi connectivity index (χ0v) is 14.5. The number of methoxy groups -OCH3 is 1. The number of fused-ring (bicyclic) bond motifs is 1. The van der Waals surface area contributed by atoms with Gasteiger partial charge in [0.2, 0.25) is 0 Å². The van der Waals surface area contributed by atoms with Crippen molar-refractivity contribution in [3.05, 3.63) is 29.3 Å². The minimum Gasteiger partial charge on any atom is -0.496 e. The van der Waals surface area contributed by atoms with Crippen molar-refractivity contribution in [2.45, 2.75) is 69.6 Å². The van der Waals surface area contributed by atoms with E-state index in [9.17, 15) is 4.79 Å². The molecule has 130 valence electrons. The van der Waals surface area contributed by atoms with Crippen molar-refractivity contribution in [2.24, 2.45) is 0 Å². The van der Waals surface area contributed by atoms with Crippen LogP contribution in [-0.2, 0) is 22.4 Å². The number of carbonyl (C=O) groups is 1. The van der Waals surface area contributed by atoms with Crippen molar-refractivity contribution in [3.63, 3.8) is 0 Å². The normalized spacial score (nSPS) is 26.5. The zero-order chi connectivity index (χ0) is 16.5. The molecule has 0 radical (unpaired) electrons. The van der Waals surface area contributed by atoms with E-state index in [0.29, 0.717) is 12.1 Å². The fraction of sp³-hybridized carbons (Fsp3) is 0.650. The van der Waals surface area contributed by atoms with Crippen LogP contribution in [0, 0.1) is 0 Å². The minimum absolute atomic E-state index is 0.210. The summed E-state index contributed by atoms with van der Waals surface area (Å²) in [6.45, 7) is 0.732. The maximum atomic E-state index is 13.1. The van der Waals surface area contributed by atoms with Crippen LogP contribution in [0.1, 0.15) is 49.7 Å². The van der Waals surface area contributed by atoms with Gasteiger partial charge >= 0.3 is 0 Å². The summed E-state index contributed by atoms with van der Waals surface area (Å²) >= 11 is 0. The van der Waals surface area contributed by atoms with Gasteiger partial charge < -0.3 is 14.4 Å². The molecule has 1 aromatic rings. The predicted octanol–water partition coefficient (Wildman–Crippen LogP) is 3.11. The van der Waals surface area contributed by atoms with E-state index in [0.717, 1.165) is 63.7 Å². The number of benzene rings is 1. The second kappa shape index (κ2) is 6.75. The molecule has 3 aliphatic rings. The van der Waals surface area contributed by atoms with E-state index in [1.165, 1.54) is 11.1 Å². The Morgan fingerprint density at radius 2 is 2.04 bits per heavy atom. The molecule has 1 unspecified atom stereocenters. The van der Waals surface area contributed by atoms with E-state index in [1.807, 2.05) is 6.07 Å². The largest absolute Gasteiger partial charge is 0.496 e. The molecule has 4 rings (SSSR count). The number of nitrogens with zero attached hydrogens (tertiary/aromatic N) is 1. The van der Waals surface area contributed by atoms with Gasteiger partial charge in [-0.25, -0.2) is 0 Å². The lowest BCUT2D eigenvalue weighted by atomic mass is 9.86. The van der Waals surface area contributed by atoms with E-state index in [2.05, 4.69) is 17.0 Å². The monoisotopic (exact) mass is 329 g/mol. The highest BCUT2D eigenvalue weighted by molar-refractivity contribution is 5.82. The van der Waals surface area contributed by atoms with Crippen LogP contribution in [0.3, 0.4) is 0 Å². The Labute approximate surface area is 144 Å². The van der Waals surface area contributed by atoms with Crippen LogP contribution in [0.5, 0.6) is 5.75 Å². The van der Waals surface area contributed by atoms with Crippen molar-refractivity contribution in [3.8, 4) is 5.75 Å². The van der Waals surface area contributed by atoms with Gasteiger partial charge in [-0.3, -0.25) is 4.79 Å². The van der Waals surface area contributed by atoms with Crippen LogP contribution in [-0.4, -0.2) is 42.7 Å². The van der Waals surface area contributed by atoms with Gasteiger partial charge in [0.15, 0.2) is 0 Å². The first-order valence-electron chi connectivity index (χ1n) is 9.36. The van der Waals surface area contributed by atoms with Crippen LogP contribution in [0.4, 0.5) is 0 Å². The number of ether oxygens (including phenoxy) is 2. The highest BCUT2D eigenvalue weighted by atomic mass is 16.5. The third-order valence-corrected chi connectivity index (χ3v) is 5.68. The van der Waals surface area contributed by atoms with Crippen molar-refractivity contribution < 1.29 is 14.3 Å². The van der Waals surface area contributed by atoms with Crippen molar-refractivity contribution >= 4 is 5.91 Å². The Bertz CT molecular complexity index is 591. The number of hydrogen-bond acceptors (Lipinski definition) is 3. The average Bonchev–Trinajstić information content (AvgIpc) is 3.47. The molecule has 1 amide bonds. The van der Waals surface area contributed by atoms with Crippen LogP contribution < -0.4 is 4.74 Å². The molecule has 1 aromatic carbocycles. The zero-order valence-electron chi connectivity index (χ0n) is 14.5. The van der Waals surface area contributed by atoms with Gasteiger partial charge in [0.05, 0.1) is 7.11 Å². The molecule has 4 heteroatoms. The summed E-state index contributed by atoms with van der Waals surface area (Å²) in [6, 6.07) is 7.03. The van der Waals surface area contributed by atoms with E-state index < -0.39 is 0 Å². The quantitative estimate of drug-likeness (QED) is 0.852. The van der Waals surface area contributed by atoms with Crippen molar-refractivity contribution in [2.75, 3.05) is 13.7 Å². The first-order chi connectivity index (χ1) is 11.8. The first kappa shape index (κ1) is 15.9. The molecule has 0 spiro atoms. The molecular formula is C20H27NO3. The summed E-state index contributed by atoms with van der Waals surface area (Å²) in [5.41, 5.74) is 2.67. The molecule has 2 aliphatic carbocycles. The number of rotatable bonds is 4. The molecular weight excluding hydrogens is 302 g/mol. The van der Waals surface area contributed by atoms with Crippen LogP contribution in [0.2, 0.25) is 0 Å². The molecule has 2 fully saturated rings. The molecule has 1 heterocycles. The van der Waals surface area contributed by atoms with Gasteiger partial charge in [-0.1, -0.05) is 12.1 Å². The van der Waals surface area contributed by atoms with Gasteiger partial charge in [0, 0.05) is 18.7 Å². The Kier molecular flexibility index (Phi) is 4.49. The van der Waals surface area contributed by atoms with Crippen LogP contribution >= 0.6 is 0 Å². The number of aryl methyl sites for hydroxylation is 1. The number of carbonyl (C=O) groups excluding carboxylic acids is 1. The highest BCUT2D eigenvalue weighted by Gasteiger charge is 2.41. The highest BCUT2D eigenvalue weighted by Crippen LogP contribution is 2.37. The van der Waals surface area contributed by atoms with Gasteiger partial charge in [0.1, 0.15) is 11.9 Å². The standard InChI is InChI=1S/C20H27NO3/c1-23-18-7-4-5-14-8-9-16(13-17(14)18)21(15-10-11-15)20(22)19-6-2-3-12-24-19/h4-5,7,15-16,19H,2-3,6,8-13H2,1H3/t16?,19-/m1/s1. The maximum absolute atomic E-state index is 13.1. The van der Waals surface area contributed by atoms with Gasteiger partial charge in [-0.2, -0.15) is 0 Å². The van der Waals surface area contributed by atoms with Crippen LogP contribution in [0.15, 0.2) is 18.2 Å².